The van der Waals surface area contributed by atoms with Crippen molar-refractivity contribution in [1.29, 1.82) is 0 Å². The number of carbonyl (C=O) groups is 3. The summed E-state index contributed by atoms with van der Waals surface area (Å²) in [6.45, 7) is 6.40. The van der Waals surface area contributed by atoms with Gasteiger partial charge in [-0.3, -0.25) is 14.4 Å². The highest BCUT2D eigenvalue weighted by Gasteiger charge is 2.19. The first-order valence-electron chi connectivity index (χ1n) is 34.4. The first-order valence-corrected chi connectivity index (χ1v) is 34.4. The molecular formula is C75H128O6. The predicted molar refractivity (Wildman–Crippen MR) is 353 cm³/mol. The lowest BCUT2D eigenvalue weighted by atomic mass is 10.0. The van der Waals surface area contributed by atoms with E-state index >= 15 is 0 Å². The largest absolute Gasteiger partial charge is 0.462 e. The number of allylic oxidation sites excluding steroid dienone is 18. The SMILES string of the molecule is CC/C=C\C/C=C\C/C=C\C/C=C\C/C=C\CCCCCCCC(=O)OC(COC(=O)CCCC/C=C\C/C=C\C/C=C\C/C=C\CC)COC(=O)CCCCCCCCCCCCCCCCCCCCCCCCCCCCC. The Balaban J connectivity index is 4.35. The van der Waals surface area contributed by atoms with E-state index in [0.29, 0.717) is 19.3 Å². The molecule has 81 heavy (non-hydrogen) atoms. The number of rotatable bonds is 62. The van der Waals surface area contributed by atoms with Crippen LogP contribution in [0.3, 0.4) is 0 Å². The van der Waals surface area contributed by atoms with Crippen molar-refractivity contribution in [3.63, 3.8) is 0 Å². The summed E-state index contributed by atoms with van der Waals surface area (Å²) in [6, 6.07) is 0. The highest BCUT2D eigenvalue weighted by atomic mass is 16.6. The Bertz CT molecular complexity index is 1620. The lowest BCUT2D eigenvalue weighted by Gasteiger charge is -2.18. The minimum atomic E-state index is -0.808. The van der Waals surface area contributed by atoms with Crippen molar-refractivity contribution >= 4 is 17.9 Å². The molecule has 0 aromatic rings. The number of unbranched alkanes of at least 4 members (excludes halogenated alkanes) is 33. The molecule has 0 saturated heterocycles. The normalized spacial score (nSPS) is 12.8. The molecule has 1 atom stereocenters. The maximum absolute atomic E-state index is 12.9. The molecule has 0 fully saturated rings. The van der Waals surface area contributed by atoms with Gasteiger partial charge in [-0.1, -0.05) is 316 Å². The van der Waals surface area contributed by atoms with E-state index < -0.39 is 6.10 Å². The van der Waals surface area contributed by atoms with Crippen LogP contribution in [-0.2, 0) is 28.6 Å². The number of hydrogen-bond acceptors (Lipinski definition) is 6. The molecule has 0 rings (SSSR count). The van der Waals surface area contributed by atoms with Gasteiger partial charge in [-0.15, -0.1) is 0 Å². The summed E-state index contributed by atoms with van der Waals surface area (Å²) >= 11 is 0. The van der Waals surface area contributed by atoms with Crippen molar-refractivity contribution in [3.05, 3.63) is 109 Å². The molecule has 0 aliphatic heterocycles. The third-order valence-electron chi connectivity index (χ3n) is 14.8. The van der Waals surface area contributed by atoms with Crippen LogP contribution in [0.1, 0.15) is 329 Å². The smallest absolute Gasteiger partial charge is 0.306 e. The van der Waals surface area contributed by atoms with Crippen LogP contribution in [-0.4, -0.2) is 37.2 Å². The lowest BCUT2D eigenvalue weighted by molar-refractivity contribution is -0.167. The standard InChI is InChI=1S/C75H128O6/c1-4-7-10-13-16-19-22-25-28-30-32-34-35-36-37-38-39-41-42-44-47-50-53-56-59-62-65-68-74(77)80-71-72(70-79-73(76)67-64-61-58-55-52-49-46-27-24-21-18-15-12-9-6-3)81-75(78)69-66-63-60-57-54-51-48-45-43-40-33-31-29-26-23-20-17-14-11-8-5-2/h8-9,11-12,17-18,20-21,26-27,29,33,40,45-46,48,52,55,72H,4-7,10,13-16,19,22-25,28,30-32,34-39,41-44,47,49-51,53-54,56-71H2,1-3H3/b11-8-,12-9-,20-17-,21-18-,29-26-,40-33-,46-27-,48-45-,55-52-. The van der Waals surface area contributed by atoms with Gasteiger partial charge >= 0.3 is 17.9 Å². The summed E-state index contributed by atoms with van der Waals surface area (Å²) < 4.78 is 16.9. The van der Waals surface area contributed by atoms with Gasteiger partial charge in [-0.25, -0.2) is 0 Å². The Labute approximate surface area is 501 Å². The van der Waals surface area contributed by atoms with Gasteiger partial charge in [0.1, 0.15) is 13.2 Å². The Hall–Kier alpha value is -3.93. The highest BCUT2D eigenvalue weighted by molar-refractivity contribution is 5.71. The van der Waals surface area contributed by atoms with E-state index in [4.69, 9.17) is 14.2 Å². The van der Waals surface area contributed by atoms with Gasteiger partial charge < -0.3 is 14.2 Å². The average molecular weight is 1130 g/mol. The van der Waals surface area contributed by atoms with Gasteiger partial charge in [-0.2, -0.15) is 0 Å². The van der Waals surface area contributed by atoms with Crippen molar-refractivity contribution in [2.45, 2.75) is 335 Å². The highest BCUT2D eigenvalue weighted by Crippen LogP contribution is 2.18. The zero-order valence-corrected chi connectivity index (χ0v) is 53.3. The number of hydrogen-bond donors (Lipinski definition) is 0. The third kappa shape index (κ3) is 66.8. The van der Waals surface area contributed by atoms with E-state index in [1.54, 1.807) is 0 Å². The average Bonchev–Trinajstić information content (AvgIpc) is 3.47. The maximum atomic E-state index is 12.9. The van der Waals surface area contributed by atoms with Crippen LogP contribution >= 0.6 is 0 Å². The van der Waals surface area contributed by atoms with E-state index in [0.717, 1.165) is 135 Å². The quantitative estimate of drug-likeness (QED) is 0.0261. The second-order valence-corrected chi connectivity index (χ2v) is 22.7. The van der Waals surface area contributed by atoms with Crippen LogP contribution in [0.2, 0.25) is 0 Å². The second-order valence-electron chi connectivity index (χ2n) is 22.7. The van der Waals surface area contributed by atoms with Crippen molar-refractivity contribution in [3.8, 4) is 0 Å². The molecule has 0 spiro atoms. The van der Waals surface area contributed by atoms with E-state index in [1.807, 2.05) is 0 Å². The van der Waals surface area contributed by atoms with Crippen LogP contribution in [0.5, 0.6) is 0 Å². The van der Waals surface area contributed by atoms with Crippen LogP contribution in [0.15, 0.2) is 109 Å². The van der Waals surface area contributed by atoms with E-state index in [1.165, 1.54) is 154 Å². The Morgan fingerprint density at radius 2 is 0.481 bits per heavy atom. The van der Waals surface area contributed by atoms with Crippen molar-refractivity contribution in [1.82, 2.24) is 0 Å². The van der Waals surface area contributed by atoms with Crippen LogP contribution < -0.4 is 0 Å². The Morgan fingerprint density at radius 3 is 0.778 bits per heavy atom. The van der Waals surface area contributed by atoms with Crippen LogP contribution in [0, 0.1) is 0 Å². The summed E-state index contributed by atoms with van der Waals surface area (Å²) in [4.78, 5) is 38.4. The summed E-state index contributed by atoms with van der Waals surface area (Å²) in [6.07, 6.45) is 94.1. The first-order chi connectivity index (χ1) is 40.0. The molecule has 0 heterocycles. The number of ether oxygens (including phenoxy) is 3. The maximum Gasteiger partial charge on any atom is 0.306 e. The monoisotopic (exact) mass is 1120 g/mol. The summed E-state index contributed by atoms with van der Waals surface area (Å²) in [5.74, 6) is -0.949. The number of carbonyl (C=O) groups excluding carboxylic acids is 3. The molecule has 0 saturated carbocycles. The van der Waals surface area contributed by atoms with Gasteiger partial charge in [0, 0.05) is 19.3 Å². The molecule has 0 radical (unpaired) electrons. The van der Waals surface area contributed by atoms with E-state index in [9.17, 15) is 14.4 Å². The molecule has 0 aromatic carbocycles. The summed E-state index contributed by atoms with van der Waals surface area (Å²) in [7, 11) is 0. The molecule has 0 aromatic heterocycles. The zero-order chi connectivity index (χ0) is 58.5. The van der Waals surface area contributed by atoms with Crippen LogP contribution in [0.4, 0.5) is 0 Å². The Kier molecular flexibility index (Phi) is 65.2. The minimum absolute atomic E-state index is 0.0982. The van der Waals surface area contributed by atoms with Crippen molar-refractivity contribution in [2.75, 3.05) is 13.2 Å². The molecule has 6 nitrogen and oxygen atoms in total. The number of esters is 3. The van der Waals surface area contributed by atoms with Crippen molar-refractivity contribution < 1.29 is 28.6 Å². The molecule has 0 amide bonds. The fourth-order valence-corrected chi connectivity index (χ4v) is 9.70. The fraction of sp³-hybridized carbons (Fsp3) is 0.720. The topological polar surface area (TPSA) is 78.9 Å². The van der Waals surface area contributed by atoms with Gasteiger partial charge in [-0.05, 0) is 103 Å². The first kappa shape index (κ1) is 77.1. The van der Waals surface area contributed by atoms with E-state index in [2.05, 4.69) is 130 Å². The van der Waals surface area contributed by atoms with Gasteiger partial charge in [0.2, 0.25) is 0 Å². The van der Waals surface area contributed by atoms with Crippen molar-refractivity contribution in [2.24, 2.45) is 0 Å². The molecule has 464 valence electrons. The molecule has 6 heteroatoms. The molecule has 0 bridgehead atoms. The third-order valence-corrected chi connectivity index (χ3v) is 14.8. The molecule has 0 N–H and O–H groups in total. The molecular weight excluding hydrogens is 997 g/mol. The fourth-order valence-electron chi connectivity index (χ4n) is 9.70. The van der Waals surface area contributed by atoms with Crippen LogP contribution in [0.25, 0.3) is 0 Å². The minimum Gasteiger partial charge on any atom is -0.462 e. The summed E-state index contributed by atoms with van der Waals surface area (Å²) in [5, 5.41) is 0. The van der Waals surface area contributed by atoms with Gasteiger partial charge in [0.05, 0.1) is 0 Å². The summed E-state index contributed by atoms with van der Waals surface area (Å²) in [5.41, 5.74) is 0. The molecule has 1 unspecified atom stereocenters. The van der Waals surface area contributed by atoms with E-state index in [-0.39, 0.29) is 31.1 Å². The Morgan fingerprint density at radius 1 is 0.259 bits per heavy atom. The predicted octanol–water partition coefficient (Wildman–Crippen LogP) is 23.8. The van der Waals surface area contributed by atoms with Gasteiger partial charge in [0.25, 0.3) is 0 Å². The molecule has 0 aliphatic rings. The lowest BCUT2D eigenvalue weighted by Crippen LogP contribution is -2.30. The second kappa shape index (κ2) is 68.6. The zero-order valence-electron chi connectivity index (χ0n) is 53.3. The molecule has 0 aliphatic carbocycles. The van der Waals surface area contributed by atoms with Gasteiger partial charge in [0.15, 0.2) is 6.10 Å².